The van der Waals surface area contributed by atoms with E-state index in [0.29, 0.717) is 16.7 Å². The van der Waals surface area contributed by atoms with E-state index in [9.17, 15) is 4.79 Å². The molecule has 6 nitrogen and oxygen atoms in total. The maximum absolute atomic E-state index is 11.2. The summed E-state index contributed by atoms with van der Waals surface area (Å²) in [6.45, 7) is 0. The Morgan fingerprint density at radius 1 is 1.38 bits per heavy atom. The van der Waals surface area contributed by atoms with Gasteiger partial charge in [-0.3, -0.25) is 4.79 Å². The number of hydrogen-bond donors (Lipinski definition) is 0. The van der Waals surface area contributed by atoms with E-state index < -0.39 is 0 Å². The van der Waals surface area contributed by atoms with Gasteiger partial charge in [-0.05, 0) is 12.1 Å². The average molecular weight is 303 g/mol. The third kappa shape index (κ3) is 2.64. The minimum Gasteiger partial charge on any atom is -0.468 e. The molecule has 2 heterocycles. The molecule has 21 heavy (non-hydrogen) atoms. The third-order valence-electron chi connectivity index (χ3n) is 3.03. The molecule has 3 aromatic rings. The molecular formula is C14H13N3O3S. The molecule has 0 aliphatic carbocycles. The lowest BCUT2D eigenvalue weighted by molar-refractivity contribution is -0.137. The first kappa shape index (κ1) is 13.7. The maximum Gasteiger partial charge on any atom is 0.316 e. The SMILES string of the molecule is COC(=O)CSc1nnc(-c2cc3ccccc3o2)n1C. The summed E-state index contributed by atoms with van der Waals surface area (Å²) < 4.78 is 12.2. The number of thioether (sulfide) groups is 1. The Morgan fingerprint density at radius 2 is 2.19 bits per heavy atom. The predicted octanol–water partition coefficient (Wildman–Crippen LogP) is 2.49. The number of hydrogen-bond acceptors (Lipinski definition) is 6. The number of esters is 1. The molecule has 0 aliphatic heterocycles. The van der Waals surface area contributed by atoms with Crippen LogP contribution in [-0.2, 0) is 16.6 Å². The van der Waals surface area contributed by atoms with E-state index in [0.717, 1.165) is 11.0 Å². The number of fused-ring (bicyclic) bond motifs is 1. The lowest BCUT2D eigenvalue weighted by Crippen LogP contribution is -2.04. The van der Waals surface area contributed by atoms with Crippen LogP contribution < -0.4 is 0 Å². The topological polar surface area (TPSA) is 70.2 Å². The second-order valence-electron chi connectivity index (χ2n) is 4.38. The van der Waals surface area contributed by atoms with Crippen LogP contribution in [0.25, 0.3) is 22.6 Å². The van der Waals surface area contributed by atoms with Gasteiger partial charge in [0.15, 0.2) is 16.7 Å². The first-order valence-electron chi connectivity index (χ1n) is 6.27. The summed E-state index contributed by atoms with van der Waals surface area (Å²) in [7, 11) is 3.20. The van der Waals surface area contributed by atoms with E-state index in [1.165, 1.54) is 18.9 Å². The van der Waals surface area contributed by atoms with Gasteiger partial charge < -0.3 is 13.7 Å². The molecule has 1 aromatic carbocycles. The fourth-order valence-corrected chi connectivity index (χ4v) is 2.67. The highest BCUT2D eigenvalue weighted by Crippen LogP contribution is 2.28. The number of benzene rings is 1. The average Bonchev–Trinajstić information content (AvgIpc) is 3.07. The molecule has 3 rings (SSSR count). The molecule has 0 saturated heterocycles. The minimum absolute atomic E-state index is 0.197. The van der Waals surface area contributed by atoms with Crippen molar-refractivity contribution < 1.29 is 13.9 Å². The number of para-hydroxylation sites is 1. The summed E-state index contributed by atoms with van der Waals surface area (Å²) in [5.41, 5.74) is 0.805. The first-order valence-corrected chi connectivity index (χ1v) is 7.25. The van der Waals surface area contributed by atoms with E-state index in [1.807, 2.05) is 37.4 Å². The van der Waals surface area contributed by atoms with Gasteiger partial charge in [0.1, 0.15) is 5.58 Å². The molecule has 0 N–H and O–H groups in total. The molecule has 0 fully saturated rings. The molecular weight excluding hydrogens is 290 g/mol. The van der Waals surface area contributed by atoms with Crippen molar-refractivity contribution in [2.45, 2.75) is 5.16 Å². The number of nitrogens with zero attached hydrogens (tertiary/aromatic N) is 3. The van der Waals surface area contributed by atoms with Gasteiger partial charge in [0, 0.05) is 12.4 Å². The van der Waals surface area contributed by atoms with Crippen molar-refractivity contribution in [1.29, 1.82) is 0 Å². The highest BCUT2D eigenvalue weighted by atomic mass is 32.2. The Balaban J connectivity index is 1.89. The van der Waals surface area contributed by atoms with Gasteiger partial charge in [0.2, 0.25) is 0 Å². The van der Waals surface area contributed by atoms with Crippen LogP contribution in [0.2, 0.25) is 0 Å². The number of methoxy groups -OCH3 is 1. The van der Waals surface area contributed by atoms with Crippen LogP contribution in [-0.4, -0.2) is 33.6 Å². The van der Waals surface area contributed by atoms with Crippen LogP contribution >= 0.6 is 11.8 Å². The number of carbonyl (C=O) groups is 1. The summed E-state index contributed by atoms with van der Waals surface area (Å²) in [5.74, 6) is 1.17. The quantitative estimate of drug-likeness (QED) is 0.545. The Bertz CT molecular complexity index is 761. The minimum atomic E-state index is -0.298. The second-order valence-corrected chi connectivity index (χ2v) is 5.32. The van der Waals surface area contributed by atoms with Crippen LogP contribution in [0.1, 0.15) is 0 Å². The van der Waals surface area contributed by atoms with Gasteiger partial charge in [-0.1, -0.05) is 30.0 Å². The molecule has 0 amide bonds. The van der Waals surface area contributed by atoms with Crippen molar-refractivity contribution in [3.63, 3.8) is 0 Å². The summed E-state index contributed by atoms with van der Waals surface area (Å²) >= 11 is 1.28. The van der Waals surface area contributed by atoms with Gasteiger partial charge in [0.25, 0.3) is 0 Å². The lowest BCUT2D eigenvalue weighted by atomic mass is 10.2. The largest absolute Gasteiger partial charge is 0.468 e. The Labute approximate surface area is 125 Å². The van der Waals surface area contributed by atoms with Crippen LogP contribution in [0.4, 0.5) is 0 Å². The van der Waals surface area contributed by atoms with Crippen molar-refractivity contribution in [3.05, 3.63) is 30.3 Å². The lowest BCUT2D eigenvalue weighted by Gasteiger charge is -2.01. The van der Waals surface area contributed by atoms with Crippen molar-refractivity contribution in [2.24, 2.45) is 7.05 Å². The van der Waals surface area contributed by atoms with E-state index in [-0.39, 0.29) is 11.7 Å². The molecule has 0 spiro atoms. The van der Waals surface area contributed by atoms with Crippen molar-refractivity contribution in [1.82, 2.24) is 14.8 Å². The van der Waals surface area contributed by atoms with Gasteiger partial charge in [-0.15, -0.1) is 10.2 Å². The van der Waals surface area contributed by atoms with Gasteiger partial charge >= 0.3 is 5.97 Å². The number of rotatable bonds is 4. The molecule has 0 saturated carbocycles. The Kier molecular flexibility index (Phi) is 3.66. The molecule has 0 atom stereocenters. The molecule has 0 radical (unpaired) electrons. The summed E-state index contributed by atoms with van der Waals surface area (Å²) in [4.78, 5) is 11.2. The van der Waals surface area contributed by atoms with E-state index in [1.54, 1.807) is 4.57 Å². The zero-order chi connectivity index (χ0) is 14.8. The highest BCUT2D eigenvalue weighted by Gasteiger charge is 2.16. The number of furan rings is 1. The van der Waals surface area contributed by atoms with Crippen LogP contribution in [0, 0.1) is 0 Å². The van der Waals surface area contributed by atoms with Gasteiger partial charge in [-0.25, -0.2) is 0 Å². The number of ether oxygens (including phenoxy) is 1. The first-order chi connectivity index (χ1) is 10.2. The van der Waals surface area contributed by atoms with Gasteiger partial charge in [-0.2, -0.15) is 0 Å². The fourth-order valence-electron chi connectivity index (χ4n) is 1.93. The standard InChI is InChI=1S/C14H13N3O3S/c1-17-13(15-16-14(17)21-8-12(18)19-2)11-7-9-5-3-4-6-10(9)20-11/h3-7H,8H2,1-2H3. The van der Waals surface area contributed by atoms with Crippen molar-refractivity contribution >= 4 is 28.7 Å². The van der Waals surface area contributed by atoms with E-state index in [2.05, 4.69) is 14.9 Å². The number of aromatic nitrogens is 3. The molecule has 0 bridgehead atoms. The van der Waals surface area contributed by atoms with Crippen LogP contribution in [0.5, 0.6) is 0 Å². The normalized spacial score (nSPS) is 11.0. The van der Waals surface area contributed by atoms with E-state index in [4.69, 9.17) is 4.42 Å². The summed E-state index contributed by atoms with van der Waals surface area (Å²) in [6.07, 6.45) is 0. The zero-order valence-corrected chi connectivity index (χ0v) is 12.4. The second kappa shape index (κ2) is 5.61. The van der Waals surface area contributed by atoms with E-state index >= 15 is 0 Å². The smallest absolute Gasteiger partial charge is 0.316 e. The van der Waals surface area contributed by atoms with Crippen molar-refractivity contribution in [3.8, 4) is 11.6 Å². The summed E-state index contributed by atoms with van der Waals surface area (Å²) in [6, 6.07) is 9.68. The molecule has 0 aliphatic rings. The Morgan fingerprint density at radius 3 is 2.95 bits per heavy atom. The predicted molar refractivity (Wildman–Crippen MR) is 79.0 cm³/mol. The molecule has 2 aromatic heterocycles. The number of carbonyl (C=O) groups excluding carboxylic acids is 1. The zero-order valence-electron chi connectivity index (χ0n) is 11.6. The fraction of sp³-hybridized carbons (Fsp3) is 0.214. The third-order valence-corrected chi connectivity index (χ3v) is 4.02. The maximum atomic E-state index is 11.2. The van der Waals surface area contributed by atoms with Crippen molar-refractivity contribution in [2.75, 3.05) is 12.9 Å². The Hall–Kier alpha value is -2.28. The van der Waals surface area contributed by atoms with Crippen LogP contribution in [0.15, 0.2) is 39.9 Å². The van der Waals surface area contributed by atoms with Crippen LogP contribution in [0.3, 0.4) is 0 Å². The van der Waals surface area contributed by atoms with Gasteiger partial charge in [0.05, 0.1) is 12.9 Å². The highest BCUT2D eigenvalue weighted by molar-refractivity contribution is 7.99. The monoisotopic (exact) mass is 303 g/mol. The molecule has 7 heteroatoms. The molecule has 0 unspecified atom stereocenters. The summed E-state index contributed by atoms with van der Waals surface area (Å²) in [5, 5.41) is 9.86. The molecule has 108 valence electrons.